The van der Waals surface area contributed by atoms with Gasteiger partial charge in [-0.15, -0.1) is 0 Å². The summed E-state index contributed by atoms with van der Waals surface area (Å²) in [5, 5.41) is 9.66. The number of hydrogen-bond acceptors (Lipinski definition) is 4. The van der Waals surface area contributed by atoms with E-state index in [2.05, 4.69) is 0 Å². The van der Waals surface area contributed by atoms with Crippen molar-refractivity contribution in [1.29, 1.82) is 0 Å². The third kappa shape index (κ3) is 4.75. The molecule has 0 saturated heterocycles. The molecule has 0 spiro atoms. The first-order valence-electron chi connectivity index (χ1n) is 11.6. The number of aliphatic carboxylic acids is 1. The number of halogens is 2. The Hall–Kier alpha value is -4.33. The lowest BCUT2D eigenvalue weighted by Gasteiger charge is -2.10. The number of imidazole rings is 1. The molecule has 0 saturated carbocycles. The third-order valence-electron chi connectivity index (χ3n) is 6.02. The van der Waals surface area contributed by atoms with E-state index in [1.807, 2.05) is 49.4 Å². The van der Waals surface area contributed by atoms with Gasteiger partial charge < -0.3 is 9.52 Å². The number of nitrogens with zero attached hydrogens (tertiary/aromatic N) is 3. The van der Waals surface area contributed by atoms with Crippen LogP contribution < -0.4 is 0 Å². The number of fused-ring (bicyclic) bond motifs is 1. The maximum absolute atomic E-state index is 14.5. The highest BCUT2D eigenvalue weighted by atomic mass is 19.1. The first kappa shape index (κ1) is 23.4. The standard InChI is InChI=1S/C28H23F2N3O3/c1-2-20-9-10-21(36-20)14-23-26(15-27(34)35)33-16-25(17-6-4-3-5-7-17)31-24(28(33)32-23)13-18-12-19(29)8-11-22(18)30/h3-12,16H,2,13-15H2,1H3,(H,34,35). The van der Waals surface area contributed by atoms with Gasteiger partial charge in [0.2, 0.25) is 0 Å². The lowest BCUT2D eigenvalue weighted by Crippen LogP contribution is -2.08. The van der Waals surface area contributed by atoms with Gasteiger partial charge in [-0.05, 0) is 35.9 Å². The summed E-state index contributed by atoms with van der Waals surface area (Å²) in [5.41, 5.74) is 3.32. The van der Waals surface area contributed by atoms with Gasteiger partial charge in [-0.2, -0.15) is 0 Å². The molecule has 5 aromatic rings. The predicted octanol–water partition coefficient (Wildman–Crippen LogP) is 5.64. The van der Waals surface area contributed by atoms with Gasteiger partial charge >= 0.3 is 5.97 Å². The van der Waals surface area contributed by atoms with Crippen molar-refractivity contribution in [1.82, 2.24) is 14.4 Å². The van der Waals surface area contributed by atoms with E-state index in [1.165, 1.54) is 0 Å². The number of rotatable bonds is 8. The summed E-state index contributed by atoms with van der Waals surface area (Å²) in [4.78, 5) is 21.3. The first-order chi connectivity index (χ1) is 17.4. The molecule has 0 aliphatic carbocycles. The summed E-state index contributed by atoms with van der Waals surface area (Å²) >= 11 is 0. The fourth-order valence-corrected chi connectivity index (χ4v) is 4.27. The summed E-state index contributed by atoms with van der Waals surface area (Å²) in [6, 6.07) is 16.4. The Labute approximate surface area is 205 Å². The van der Waals surface area contributed by atoms with Crippen LogP contribution in [0.3, 0.4) is 0 Å². The largest absolute Gasteiger partial charge is 0.481 e. The van der Waals surface area contributed by atoms with Crippen LogP contribution in [0.5, 0.6) is 0 Å². The highest BCUT2D eigenvalue weighted by Crippen LogP contribution is 2.26. The van der Waals surface area contributed by atoms with Crippen molar-refractivity contribution in [3.05, 3.63) is 113 Å². The Morgan fingerprint density at radius 3 is 2.47 bits per heavy atom. The van der Waals surface area contributed by atoms with E-state index < -0.39 is 17.6 Å². The Bertz CT molecular complexity index is 1560. The summed E-state index contributed by atoms with van der Waals surface area (Å²) in [5.74, 6) is -0.634. The quantitative estimate of drug-likeness (QED) is 0.306. The molecule has 0 amide bonds. The topological polar surface area (TPSA) is 80.6 Å². The Kier molecular flexibility index (Phi) is 6.33. The smallest absolute Gasteiger partial charge is 0.309 e. The van der Waals surface area contributed by atoms with E-state index in [0.717, 1.165) is 35.9 Å². The Morgan fingerprint density at radius 2 is 1.75 bits per heavy atom. The second-order valence-corrected chi connectivity index (χ2v) is 8.52. The van der Waals surface area contributed by atoms with Crippen LogP contribution in [0.1, 0.15) is 41.1 Å². The van der Waals surface area contributed by atoms with Crippen LogP contribution in [0, 0.1) is 11.6 Å². The molecule has 1 N–H and O–H groups in total. The van der Waals surface area contributed by atoms with Gasteiger partial charge in [0.25, 0.3) is 0 Å². The molecule has 182 valence electrons. The summed E-state index contributed by atoms with van der Waals surface area (Å²) in [6.07, 6.45) is 2.48. The van der Waals surface area contributed by atoms with E-state index in [0.29, 0.717) is 40.6 Å². The molecule has 0 unspecified atom stereocenters. The van der Waals surface area contributed by atoms with Gasteiger partial charge in [0.15, 0.2) is 5.65 Å². The number of aryl methyl sites for hydroxylation is 1. The molecule has 0 bridgehead atoms. The van der Waals surface area contributed by atoms with Crippen LogP contribution in [-0.2, 0) is 30.5 Å². The fraction of sp³-hybridized carbons (Fsp3) is 0.179. The number of carbonyl (C=O) groups is 1. The van der Waals surface area contributed by atoms with Crippen molar-refractivity contribution in [2.75, 3.05) is 0 Å². The molecule has 0 aliphatic heterocycles. The SMILES string of the molecule is CCc1ccc(Cc2nc3c(Cc4cc(F)ccc4F)nc(-c4ccccc4)cn3c2CC(=O)O)o1. The van der Waals surface area contributed by atoms with Crippen molar-refractivity contribution in [2.45, 2.75) is 32.6 Å². The predicted molar refractivity (Wildman–Crippen MR) is 130 cm³/mol. The summed E-state index contributed by atoms with van der Waals surface area (Å²) < 4.78 is 36.0. The summed E-state index contributed by atoms with van der Waals surface area (Å²) in [7, 11) is 0. The second kappa shape index (κ2) is 9.73. The van der Waals surface area contributed by atoms with Gasteiger partial charge in [-0.3, -0.25) is 9.20 Å². The van der Waals surface area contributed by atoms with E-state index in [4.69, 9.17) is 14.4 Å². The van der Waals surface area contributed by atoms with Crippen molar-refractivity contribution < 1.29 is 23.1 Å². The Morgan fingerprint density at radius 1 is 0.972 bits per heavy atom. The molecule has 0 atom stereocenters. The number of carboxylic acids is 1. The number of aromatic nitrogens is 3. The van der Waals surface area contributed by atoms with Crippen molar-refractivity contribution in [3.8, 4) is 11.3 Å². The van der Waals surface area contributed by atoms with Gasteiger partial charge in [0.1, 0.15) is 23.2 Å². The van der Waals surface area contributed by atoms with Crippen LogP contribution in [0.4, 0.5) is 8.78 Å². The monoisotopic (exact) mass is 487 g/mol. The molecular formula is C28H23F2N3O3. The highest BCUT2D eigenvalue weighted by Gasteiger charge is 2.21. The molecule has 6 nitrogen and oxygen atoms in total. The second-order valence-electron chi connectivity index (χ2n) is 8.52. The van der Waals surface area contributed by atoms with Crippen molar-refractivity contribution in [2.24, 2.45) is 0 Å². The molecule has 0 radical (unpaired) electrons. The minimum absolute atomic E-state index is 0.0164. The maximum atomic E-state index is 14.5. The average molecular weight is 488 g/mol. The van der Waals surface area contributed by atoms with Crippen LogP contribution in [-0.4, -0.2) is 25.4 Å². The molecule has 0 aliphatic rings. The third-order valence-corrected chi connectivity index (χ3v) is 6.02. The Balaban J connectivity index is 1.71. The van der Waals surface area contributed by atoms with E-state index >= 15 is 0 Å². The fourth-order valence-electron chi connectivity index (χ4n) is 4.27. The molecule has 3 heterocycles. The average Bonchev–Trinajstić information content (AvgIpc) is 3.46. The molecule has 0 fully saturated rings. The van der Waals surface area contributed by atoms with Crippen LogP contribution >= 0.6 is 0 Å². The first-order valence-corrected chi connectivity index (χ1v) is 11.6. The van der Waals surface area contributed by atoms with E-state index in [-0.39, 0.29) is 18.4 Å². The number of hydrogen-bond donors (Lipinski definition) is 1. The minimum Gasteiger partial charge on any atom is -0.481 e. The lowest BCUT2D eigenvalue weighted by atomic mass is 10.1. The lowest BCUT2D eigenvalue weighted by molar-refractivity contribution is -0.136. The zero-order chi connectivity index (χ0) is 25.2. The van der Waals surface area contributed by atoms with E-state index in [1.54, 1.807) is 10.6 Å². The zero-order valence-corrected chi connectivity index (χ0v) is 19.5. The normalized spacial score (nSPS) is 11.3. The van der Waals surface area contributed by atoms with Gasteiger partial charge in [0, 0.05) is 24.6 Å². The molecule has 8 heteroatoms. The molecule has 2 aromatic carbocycles. The number of carboxylic acid groups (broad SMARTS) is 1. The number of furan rings is 1. The van der Waals surface area contributed by atoms with Crippen LogP contribution in [0.15, 0.2) is 71.3 Å². The van der Waals surface area contributed by atoms with E-state index in [9.17, 15) is 18.7 Å². The van der Waals surface area contributed by atoms with Gasteiger partial charge in [-0.25, -0.2) is 18.7 Å². The maximum Gasteiger partial charge on any atom is 0.309 e. The number of benzene rings is 2. The zero-order valence-electron chi connectivity index (χ0n) is 19.5. The van der Waals surface area contributed by atoms with Crippen molar-refractivity contribution in [3.63, 3.8) is 0 Å². The van der Waals surface area contributed by atoms with Crippen molar-refractivity contribution >= 4 is 11.6 Å². The molecule has 3 aromatic heterocycles. The molecule has 36 heavy (non-hydrogen) atoms. The summed E-state index contributed by atoms with van der Waals surface area (Å²) in [6.45, 7) is 1.98. The van der Waals surface area contributed by atoms with Crippen LogP contribution in [0.25, 0.3) is 16.9 Å². The van der Waals surface area contributed by atoms with Crippen LogP contribution in [0.2, 0.25) is 0 Å². The van der Waals surface area contributed by atoms with Gasteiger partial charge in [0.05, 0.1) is 35.6 Å². The van der Waals surface area contributed by atoms with Gasteiger partial charge in [-0.1, -0.05) is 37.3 Å². The minimum atomic E-state index is -1.01. The highest BCUT2D eigenvalue weighted by molar-refractivity contribution is 5.71. The molecular weight excluding hydrogens is 464 g/mol. The molecule has 5 rings (SSSR count).